The maximum Gasteiger partial charge on any atom is 0.257 e. The van der Waals surface area contributed by atoms with Crippen LogP contribution in [0.25, 0.3) is 0 Å². The number of benzene rings is 2. The first-order valence-electron chi connectivity index (χ1n) is 8.56. The fraction of sp³-hybridized carbons (Fsp3) is 0.300. The number of ether oxygens (including phenoxy) is 1. The van der Waals surface area contributed by atoms with Gasteiger partial charge in [0.25, 0.3) is 5.91 Å². The van der Waals surface area contributed by atoms with Gasteiger partial charge in [0, 0.05) is 0 Å². The third kappa shape index (κ3) is 2.93. The molecule has 2 aromatic carbocycles. The molecule has 2 fully saturated rings. The van der Waals surface area contributed by atoms with E-state index in [9.17, 15) is 9.59 Å². The van der Waals surface area contributed by atoms with Gasteiger partial charge in [-0.2, -0.15) is 0 Å². The summed E-state index contributed by atoms with van der Waals surface area (Å²) >= 11 is 0. The second-order valence-corrected chi connectivity index (χ2v) is 6.73. The summed E-state index contributed by atoms with van der Waals surface area (Å²) in [5, 5.41) is 1.42. The first kappa shape index (κ1) is 16.6. The van der Waals surface area contributed by atoms with E-state index in [0.717, 1.165) is 5.56 Å². The Kier molecular flexibility index (Phi) is 4.12. The van der Waals surface area contributed by atoms with Crippen LogP contribution in [0.5, 0.6) is 5.75 Å². The number of rotatable bonds is 4. The van der Waals surface area contributed by atoms with E-state index in [2.05, 4.69) is 0 Å². The number of carbonyl (C=O) groups excluding carboxylic acids is 2. The van der Waals surface area contributed by atoms with Gasteiger partial charge in [-0.05, 0) is 17.7 Å². The first-order valence-corrected chi connectivity index (χ1v) is 8.56. The molecular formula is C20H20N2O4. The lowest BCUT2D eigenvalue weighted by Gasteiger charge is -2.45. The van der Waals surface area contributed by atoms with Crippen molar-refractivity contribution >= 4 is 11.8 Å². The molecule has 2 amide bonds. The first-order chi connectivity index (χ1) is 12.6. The number of nitrogens with zero attached hydrogens (tertiary/aromatic N) is 2. The molecule has 2 saturated heterocycles. The van der Waals surface area contributed by atoms with E-state index >= 15 is 0 Å². The molecule has 26 heavy (non-hydrogen) atoms. The number of amides is 2. The third-order valence-corrected chi connectivity index (χ3v) is 4.81. The third-order valence-electron chi connectivity index (χ3n) is 4.81. The van der Waals surface area contributed by atoms with Gasteiger partial charge in [-0.1, -0.05) is 42.5 Å². The van der Waals surface area contributed by atoms with Crippen molar-refractivity contribution in [2.24, 2.45) is 0 Å². The van der Waals surface area contributed by atoms with Crippen LogP contribution >= 0.6 is 0 Å². The molecule has 6 heteroatoms. The Balaban J connectivity index is 1.41. The number of likely N-dealkylation sites (tertiary alicyclic amines) is 1. The van der Waals surface area contributed by atoms with Crippen LogP contribution in [0, 0.1) is 0 Å². The van der Waals surface area contributed by atoms with E-state index in [4.69, 9.17) is 9.57 Å². The average molecular weight is 352 g/mol. The van der Waals surface area contributed by atoms with Gasteiger partial charge in [0.1, 0.15) is 11.4 Å². The molecule has 0 N–H and O–H groups in total. The molecule has 2 aliphatic rings. The summed E-state index contributed by atoms with van der Waals surface area (Å²) in [5.74, 6) is 0.399. The number of methoxy groups -OCH3 is 1. The number of hydrogen-bond donors (Lipinski definition) is 0. The van der Waals surface area contributed by atoms with Gasteiger partial charge in [-0.25, -0.2) is 5.06 Å². The minimum absolute atomic E-state index is 0.0433. The molecule has 0 radical (unpaired) electrons. The largest absolute Gasteiger partial charge is 0.496 e. The maximum atomic E-state index is 12.7. The molecular weight excluding hydrogens is 332 g/mol. The zero-order chi connectivity index (χ0) is 18.1. The topological polar surface area (TPSA) is 59.1 Å². The van der Waals surface area contributed by atoms with Crippen LogP contribution in [-0.4, -0.2) is 47.6 Å². The fourth-order valence-electron chi connectivity index (χ4n) is 3.50. The van der Waals surface area contributed by atoms with Crippen molar-refractivity contribution in [3.05, 3.63) is 65.7 Å². The second-order valence-electron chi connectivity index (χ2n) is 6.73. The van der Waals surface area contributed by atoms with E-state index in [1.165, 1.54) is 5.06 Å². The minimum atomic E-state index is -0.594. The second kappa shape index (κ2) is 6.46. The van der Waals surface area contributed by atoms with Crippen LogP contribution in [0.15, 0.2) is 54.6 Å². The highest BCUT2D eigenvalue weighted by atomic mass is 16.7. The van der Waals surface area contributed by atoms with Crippen LogP contribution in [0.1, 0.15) is 22.3 Å². The monoisotopic (exact) mass is 352 g/mol. The van der Waals surface area contributed by atoms with Crippen molar-refractivity contribution < 1.29 is 19.2 Å². The normalized spacial score (nSPS) is 18.1. The van der Waals surface area contributed by atoms with Gasteiger partial charge in [0.05, 0.1) is 38.7 Å². The number of para-hydroxylation sites is 1. The Morgan fingerprint density at radius 1 is 1.12 bits per heavy atom. The van der Waals surface area contributed by atoms with E-state index in [1.54, 1.807) is 24.1 Å². The smallest absolute Gasteiger partial charge is 0.257 e. The zero-order valence-corrected chi connectivity index (χ0v) is 14.6. The predicted octanol–water partition coefficient (Wildman–Crippen LogP) is 2.25. The molecule has 0 atom stereocenters. The fourth-order valence-corrected chi connectivity index (χ4v) is 3.50. The molecule has 0 saturated carbocycles. The predicted molar refractivity (Wildman–Crippen MR) is 94.3 cm³/mol. The van der Waals surface area contributed by atoms with Gasteiger partial charge >= 0.3 is 0 Å². The van der Waals surface area contributed by atoms with Crippen LogP contribution in [-0.2, 0) is 16.2 Å². The zero-order valence-electron chi connectivity index (χ0n) is 14.6. The van der Waals surface area contributed by atoms with E-state index in [-0.39, 0.29) is 11.8 Å². The standard InChI is InChI=1S/C20H20N2O4/c1-25-17-10-6-5-9-16(17)19(24)21-13-20(14-21)11-18(23)22(26-20)12-15-7-3-2-4-8-15/h2-10H,11-14H2,1H3. The van der Waals surface area contributed by atoms with Crippen LogP contribution in [0.2, 0.25) is 0 Å². The molecule has 6 nitrogen and oxygen atoms in total. The summed E-state index contributed by atoms with van der Waals surface area (Å²) in [7, 11) is 1.55. The van der Waals surface area contributed by atoms with Gasteiger partial charge in [-0.3, -0.25) is 14.4 Å². The van der Waals surface area contributed by atoms with Crippen molar-refractivity contribution in [2.45, 2.75) is 18.6 Å². The van der Waals surface area contributed by atoms with Crippen molar-refractivity contribution in [1.29, 1.82) is 0 Å². The van der Waals surface area contributed by atoms with Gasteiger partial charge in [0.15, 0.2) is 0 Å². The number of hydrogen-bond acceptors (Lipinski definition) is 4. The summed E-state index contributed by atoms with van der Waals surface area (Å²) in [5.41, 5.74) is 0.943. The average Bonchev–Trinajstić information content (AvgIpc) is 2.97. The van der Waals surface area contributed by atoms with E-state index in [0.29, 0.717) is 37.4 Å². The molecule has 2 heterocycles. The van der Waals surface area contributed by atoms with Crippen LogP contribution in [0.3, 0.4) is 0 Å². The lowest BCUT2D eigenvalue weighted by atomic mass is 9.90. The molecule has 0 unspecified atom stereocenters. The Hall–Kier alpha value is -2.86. The summed E-state index contributed by atoms with van der Waals surface area (Å²) in [6, 6.07) is 16.9. The summed E-state index contributed by atoms with van der Waals surface area (Å²) in [6.07, 6.45) is 0.301. The minimum Gasteiger partial charge on any atom is -0.496 e. The quantitative estimate of drug-likeness (QED) is 0.847. The Bertz CT molecular complexity index is 831. The highest BCUT2D eigenvalue weighted by Crippen LogP contribution is 2.37. The number of carbonyl (C=O) groups is 2. The van der Waals surface area contributed by atoms with Gasteiger partial charge in [0.2, 0.25) is 5.91 Å². The molecule has 0 aliphatic carbocycles. The maximum absolute atomic E-state index is 12.7. The molecule has 4 rings (SSSR count). The molecule has 2 aromatic rings. The Labute approximate surface area is 151 Å². The van der Waals surface area contributed by atoms with Crippen molar-refractivity contribution in [3.8, 4) is 5.75 Å². The highest BCUT2D eigenvalue weighted by Gasteiger charge is 2.55. The Morgan fingerprint density at radius 2 is 1.81 bits per heavy atom. The SMILES string of the molecule is COc1ccccc1C(=O)N1CC2(CC(=O)N(Cc3ccccc3)O2)C1. The van der Waals surface area contributed by atoms with Crippen molar-refractivity contribution in [1.82, 2.24) is 9.96 Å². The lowest BCUT2D eigenvalue weighted by molar-refractivity contribution is -0.233. The van der Waals surface area contributed by atoms with E-state index < -0.39 is 5.60 Å². The highest BCUT2D eigenvalue weighted by molar-refractivity contribution is 5.97. The van der Waals surface area contributed by atoms with Crippen molar-refractivity contribution in [2.75, 3.05) is 20.2 Å². The Morgan fingerprint density at radius 3 is 2.54 bits per heavy atom. The molecule has 1 spiro atoms. The van der Waals surface area contributed by atoms with Gasteiger partial charge < -0.3 is 9.64 Å². The van der Waals surface area contributed by atoms with Crippen LogP contribution < -0.4 is 4.74 Å². The summed E-state index contributed by atoms with van der Waals surface area (Å²) < 4.78 is 5.26. The lowest BCUT2D eigenvalue weighted by Crippen LogP contribution is -2.63. The number of hydroxylamine groups is 2. The van der Waals surface area contributed by atoms with Gasteiger partial charge in [-0.15, -0.1) is 0 Å². The molecule has 0 aromatic heterocycles. The molecule has 2 aliphatic heterocycles. The summed E-state index contributed by atoms with van der Waals surface area (Å²) in [4.78, 5) is 32.6. The molecule has 134 valence electrons. The van der Waals surface area contributed by atoms with E-state index in [1.807, 2.05) is 42.5 Å². The molecule has 0 bridgehead atoms. The summed E-state index contributed by atoms with van der Waals surface area (Å²) in [6.45, 7) is 1.23. The van der Waals surface area contributed by atoms with Crippen LogP contribution in [0.4, 0.5) is 0 Å². The van der Waals surface area contributed by atoms with Crippen molar-refractivity contribution in [3.63, 3.8) is 0 Å².